The maximum atomic E-state index is 12.2. The number of amides is 1. The Morgan fingerprint density at radius 2 is 2.14 bits per heavy atom. The number of esters is 1. The molecule has 1 aliphatic rings. The Kier molecular flexibility index (Phi) is 5.46. The lowest BCUT2D eigenvalue weighted by atomic mass is 9.97. The van der Waals surface area contributed by atoms with E-state index < -0.39 is 0 Å². The summed E-state index contributed by atoms with van der Waals surface area (Å²) in [5, 5.41) is 0.529. The number of aryl methyl sites for hydroxylation is 1. The van der Waals surface area contributed by atoms with Crippen LogP contribution in [-0.4, -0.2) is 47.7 Å². The molecule has 1 fully saturated rings. The molecule has 1 aromatic rings. The summed E-state index contributed by atoms with van der Waals surface area (Å²) in [7, 11) is 1.40. The van der Waals surface area contributed by atoms with Crippen molar-refractivity contribution in [3.05, 3.63) is 5.69 Å². The highest BCUT2D eigenvalue weighted by molar-refractivity contribution is 8.01. The smallest absolute Gasteiger partial charge is 0.308 e. The first-order chi connectivity index (χ1) is 10.0. The molecule has 8 heteroatoms. The number of hydrogen-bond acceptors (Lipinski definition) is 7. The van der Waals surface area contributed by atoms with Crippen LogP contribution in [-0.2, 0) is 14.3 Å². The molecular formula is C13H19N3O3S2. The number of carbonyl (C=O) groups is 2. The predicted octanol–water partition coefficient (Wildman–Crippen LogP) is 1.54. The van der Waals surface area contributed by atoms with Gasteiger partial charge in [0, 0.05) is 13.1 Å². The molecule has 1 aliphatic heterocycles. The van der Waals surface area contributed by atoms with E-state index >= 15 is 0 Å². The van der Waals surface area contributed by atoms with E-state index in [0.29, 0.717) is 36.8 Å². The summed E-state index contributed by atoms with van der Waals surface area (Å²) in [5.41, 5.74) is 6.52. The first-order valence-electron chi connectivity index (χ1n) is 6.72. The standard InChI is InChI=1S/C13H19N3O3S2/c1-8-12(21-13(14)15-8)20-7-10(17)16-5-3-9(4-6-16)11(18)19-2/h9H,3-7H2,1-2H3,(H2,14,15). The van der Waals surface area contributed by atoms with E-state index in [1.165, 1.54) is 30.2 Å². The van der Waals surface area contributed by atoms with Crippen LogP contribution in [0.5, 0.6) is 0 Å². The normalized spacial score (nSPS) is 16.0. The fraction of sp³-hybridized carbons (Fsp3) is 0.615. The molecular weight excluding hydrogens is 310 g/mol. The van der Waals surface area contributed by atoms with Crippen LogP contribution < -0.4 is 5.73 Å². The van der Waals surface area contributed by atoms with Crippen LogP contribution >= 0.6 is 23.1 Å². The maximum Gasteiger partial charge on any atom is 0.308 e. The number of thiazole rings is 1. The Labute approximate surface area is 132 Å². The fourth-order valence-electron chi connectivity index (χ4n) is 2.29. The number of nitrogens with two attached hydrogens (primary N) is 1. The Balaban J connectivity index is 1.80. The van der Waals surface area contributed by atoms with Crippen molar-refractivity contribution in [1.82, 2.24) is 9.88 Å². The van der Waals surface area contributed by atoms with Crippen molar-refractivity contribution in [2.24, 2.45) is 5.92 Å². The van der Waals surface area contributed by atoms with Crippen molar-refractivity contribution in [1.29, 1.82) is 0 Å². The molecule has 21 heavy (non-hydrogen) atoms. The van der Waals surface area contributed by atoms with Crippen molar-refractivity contribution in [3.8, 4) is 0 Å². The monoisotopic (exact) mass is 329 g/mol. The summed E-state index contributed by atoms with van der Waals surface area (Å²) in [6.45, 7) is 3.12. The maximum absolute atomic E-state index is 12.2. The highest BCUT2D eigenvalue weighted by Crippen LogP contribution is 2.30. The van der Waals surface area contributed by atoms with E-state index in [-0.39, 0.29) is 17.8 Å². The molecule has 1 saturated heterocycles. The Morgan fingerprint density at radius 1 is 1.48 bits per heavy atom. The third kappa shape index (κ3) is 4.10. The van der Waals surface area contributed by atoms with Gasteiger partial charge in [-0.25, -0.2) is 4.98 Å². The molecule has 0 bridgehead atoms. The zero-order valence-electron chi connectivity index (χ0n) is 12.1. The van der Waals surface area contributed by atoms with Crippen LogP contribution in [0.15, 0.2) is 4.21 Å². The lowest BCUT2D eigenvalue weighted by Gasteiger charge is -2.30. The van der Waals surface area contributed by atoms with Crippen molar-refractivity contribution >= 4 is 40.1 Å². The number of anilines is 1. The Bertz CT molecular complexity index is 525. The number of aromatic nitrogens is 1. The van der Waals surface area contributed by atoms with Gasteiger partial charge in [-0.3, -0.25) is 9.59 Å². The van der Waals surface area contributed by atoms with Gasteiger partial charge in [-0.05, 0) is 19.8 Å². The number of rotatable bonds is 4. The second-order valence-electron chi connectivity index (χ2n) is 4.89. The number of carbonyl (C=O) groups excluding carboxylic acids is 2. The second kappa shape index (κ2) is 7.13. The molecule has 0 atom stereocenters. The molecule has 116 valence electrons. The molecule has 0 unspecified atom stereocenters. The highest BCUT2D eigenvalue weighted by Gasteiger charge is 2.27. The molecule has 2 heterocycles. The number of thioether (sulfide) groups is 1. The summed E-state index contributed by atoms with van der Waals surface area (Å²) >= 11 is 2.88. The van der Waals surface area contributed by atoms with Crippen LogP contribution in [0.1, 0.15) is 18.5 Å². The van der Waals surface area contributed by atoms with Crippen molar-refractivity contribution < 1.29 is 14.3 Å². The SMILES string of the molecule is COC(=O)C1CCN(C(=O)CSc2sc(N)nc2C)CC1. The average Bonchev–Trinajstić information content (AvgIpc) is 2.82. The van der Waals surface area contributed by atoms with Crippen LogP contribution in [0.25, 0.3) is 0 Å². The minimum Gasteiger partial charge on any atom is -0.469 e. The van der Waals surface area contributed by atoms with Crippen molar-refractivity contribution in [2.45, 2.75) is 24.0 Å². The van der Waals surface area contributed by atoms with Gasteiger partial charge in [0.25, 0.3) is 0 Å². The van der Waals surface area contributed by atoms with E-state index in [4.69, 9.17) is 10.5 Å². The first kappa shape index (κ1) is 16.1. The van der Waals surface area contributed by atoms with Gasteiger partial charge < -0.3 is 15.4 Å². The number of methoxy groups -OCH3 is 1. The number of likely N-dealkylation sites (tertiary alicyclic amines) is 1. The summed E-state index contributed by atoms with van der Waals surface area (Å²) in [5.74, 6) is 0.225. The molecule has 0 aromatic carbocycles. The number of nitrogens with zero attached hydrogens (tertiary/aromatic N) is 2. The van der Waals surface area contributed by atoms with E-state index in [9.17, 15) is 9.59 Å². The van der Waals surface area contributed by atoms with Crippen molar-refractivity contribution in [2.75, 3.05) is 31.7 Å². The third-order valence-corrected chi connectivity index (χ3v) is 5.81. The van der Waals surface area contributed by atoms with Crippen molar-refractivity contribution in [3.63, 3.8) is 0 Å². The van der Waals surface area contributed by atoms with Gasteiger partial charge in [0.15, 0.2) is 5.13 Å². The number of hydrogen-bond donors (Lipinski definition) is 1. The highest BCUT2D eigenvalue weighted by atomic mass is 32.2. The van der Waals surface area contributed by atoms with Gasteiger partial charge in [0.1, 0.15) is 0 Å². The van der Waals surface area contributed by atoms with Crippen LogP contribution in [0, 0.1) is 12.8 Å². The first-order valence-corrected chi connectivity index (χ1v) is 8.52. The Morgan fingerprint density at radius 3 is 2.67 bits per heavy atom. The van der Waals surface area contributed by atoms with Crippen LogP contribution in [0.2, 0.25) is 0 Å². The minimum atomic E-state index is -0.174. The molecule has 0 spiro atoms. The van der Waals surface area contributed by atoms with Crippen LogP contribution in [0.4, 0.5) is 5.13 Å². The zero-order valence-corrected chi connectivity index (χ0v) is 13.8. The lowest BCUT2D eigenvalue weighted by Crippen LogP contribution is -2.41. The largest absolute Gasteiger partial charge is 0.469 e. The lowest BCUT2D eigenvalue weighted by molar-refractivity contribution is -0.148. The summed E-state index contributed by atoms with van der Waals surface area (Å²) in [6, 6.07) is 0. The molecule has 0 radical (unpaired) electrons. The zero-order chi connectivity index (χ0) is 15.4. The molecule has 1 amide bonds. The fourth-order valence-corrected chi connectivity index (χ4v) is 4.21. The second-order valence-corrected chi connectivity index (χ2v) is 7.17. The predicted molar refractivity (Wildman–Crippen MR) is 83.3 cm³/mol. The van der Waals surface area contributed by atoms with Gasteiger partial charge in [-0.15, -0.1) is 11.8 Å². The van der Waals surface area contributed by atoms with E-state index in [2.05, 4.69) is 4.98 Å². The van der Waals surface area contributed by atoms with Gasteiger partial charge >= 0.3 is 5.97 Å². The molecule has 1 aromatic heterocycles. The molecule has 2 rings (SSSR count). The topological polar surface area (TPSA) is 85.5 Å². The number of piperidine rings is 1. The van der Waals surface area contributed by atoms with Gasteiger partial charge in [0.05, 0.1) is 28.7 Å². The minimum absolute atomic E-state index is 0.0739. The van der Waals surface area contributed by atoms with Gasteiger partial charge in [-0.1, -0.05) is 11.3 Å². The summed E-state index contributed by atoms with van der Waals surface area (Å²) < 4.78 is 5.73. The molecule has 6 nitrogen and oxygen atoms in total. The quantitative estimate of drug-likeness (QED) is 0.666. The molecule has 2 N–H and O–H groups in total. The van der Waals surface area contributed by atoms with E-state index in [0.717, 1.165) is 9.90 Å². The third-order valence-electron chi connectivity index (χ3n) is 3.48. The average molecular weight is 329 g/mol. The number of ether oxygens (including phenoxy) is 1. The molecule has 0 aliphatic carbocycles. The number of nitrogen functional groups attached to an aromatic ring is 1. The van der Waals surface area contributed by atoms with Gasteiger partial charge in [-0.2, -0.15) is 0 Å². The van der Waals surface area contributed by atoms with Gasteiger partial charge in [0.2, 0.25) is 5.91 Å². The summed E-state index contributed by atoms with van der Waals surface area (Å²) in [4.78, 5) is 29.6. The van der Waals surface area contributed by atoms with E-state index in [1.54, 1.807) is 0 Å². The molecule has 0 saturated carbocycles. The van der Waals surface area contributed by atoms with Crippen LogP contribution in [0.3, 0.4) is 0 Å². The Hall–Kier alpha value is -1.28. The summed E-state index contributed by atoms with van der Waals surface area (Å²) in [6.07, 6.45) is 1.35. The van der Waals surface area contributed by atoms with E-state index in [1.807, 2.05) is 11.8 Å².